The maximum Gasteiger partial charge on any atom is 0.0989 e. The molecule has 0 bridgehead atoms. The van der Waals surface area contributed by atoms with Crippen LogP contribution in [0.5, 0.6) is 0 Å². The minimum atomic E-state index is 0.560. The third kappa shape index (κ3) is 5.51. The Hall–Kier alpha value is 0.200. The summed E-state index contributed by atoms with van der Waals surface area (Å²) in [7, 11) is 0. The van der Waals surface area contributed by atoms with Crippen molar-refractivity contribution in [3.8, 4) is 0 Å². The zero-order chi connectivity index (χ0) is 12.0. The number of rotatable bonds is 7. The van der Waals surface area contributed by atoms with Crippen LogP contribution in [0.2, 0.25) is 8.67 Å². The van der Waals surface area contributed by atoms with E-state index in [4.69, 9.17) is 23.2 Å². The van der Waals surface area contributed by atoms with Crippen LogP contribution in [0.3, 0.4) is 0 Å². The molecular weight excluding hydrogens is 263 g/mol. The van der Waals surface area contributed by atoms with Crippen molar-refractivity contribution in [2.45, 2.75) is 32.9 Å². The molecular formula is C11H18Cl2N2S. The molecule has 0 fully saturated rings. The molecule has 0 aliphatic rings. The lowest BCUT2D eigenvalue weighted by Gasteiger charge is -2.08. The van der Waals surface area contributed by atoms with E-state index in [2.05, 4.69) is 24.5 Å². The largest absolute Gasteiger partial charge is 0.314 e. The van der Waals surface area contributed by atoms with Crippen LogP contribution >= 0.6 is 34.5 Å². The van der Waals surface area contributed by atoms with Crippen LogP contribution in [0.15, 0.2) is 6.07 Å². The number of hydrogen-bond acceptors (Lipinski definition) is 3. The van der Waals surface area contributed by atoms with E-state index in [1.807, 2.05) is 6.07 Å². The van der Waals surface area contributed by atoms with Crippen molar-refractivity contribution < 1.29 is 0 Å². The van der Waals surface area contributed by atoms with E-state index in [-0.39, 0.29) is 0 Å². The van der Waals surface area contributed by atoms with Crippen LogP contribution in [0.4, 0.5) is 0 Å². The van der Waals surface area contributed by atoms with E-state index in [9.17, 15) is 0 Å². The summed E-state index contributed by atoms with van der Waals surface area (Å²) in [6.07, 6.45) is 1.12. The highest BCUT2D eigenvalue weighted by Crippen LogP contribution is 2.30. The van der Waals surface area contributed by atoms with Gasteiger partial charge in [0.15, 0.2) is 0 Å². The van der Waals surface area contributed by atoms with Crippen LogP contribution in [0.1, 0.15) is 25.8 Å². The van der Waals surface area contributed by atoms with E-state index in [0.717, 1.165) is 40.3 Å². The van der Waals surface area contributed by atoms with Gasteiger partial charge >= 0.3 is 0 Å². The monoisotopic (exact) mass is 280 g/mol. The maximum atomic E-state index is 6.01. The predicted octanol–water partition coefficient (Wildman–Crippen LogP) is 3.53. The fourth-order valence-electron chi connectivity index (χ4n) is 1.32. The molecule has 0 unspecified atom stereocenters. The number of halogens is 2. The van der Waals surface area contributed by atoms with Gasteiger partial charge < -0.3 is 10.6 Å². The summed E-state index contributed by atoms with van der Waals surface area (Å²) >= 11 is 13.3. The molecule has 0 spiro atoms. The standard InChI is InChI=1S/C11H18Cl2N2S/c1-8(2)15-5-3-4-14-7-9-6-10(12)16-11(9)13/h6,8,14-15H,3-5,7H2,1-2H3. The topological polar surface area (TPSA) is 24.1 Å². The van der Waals surface area contributed by atoms with Crippen molar-refractivity contribution in [2.75, 3.05) is 13.1 Å². The summed E-state index contributed by atoms with van der Waals surface area (Å²) in [5.41, 5.74) is 1.09. The van der Waals surface area contributed by atoms with Gasteiger partial charge in [-0.25, -0.2) is 0 Å². The van der Waals surface area contributed by atoms with Gasteiger partial charge in [0.05, 0.1) is 8.67 Å². The first-order valence-corrected chi connectivity index (χ1v) is 7.04. The molecule has 1 aromatic heterocycles. The fraction of sp³-hybridized carbons (Fsp3) is 0.636. The van der Waals surface area contributed by atoms with Crippen LogP contribution in [0.25, 0.3) is 0 Å². The second-order valence-electron chi connectivity index (χ2n) is 3.99. The quantitative estimate of drug-likeness (QED) is 0.747. The molecule has 92 valence electrons. The molecule has 0 aliphatic heterocycles. The predicted molar refractivity (Wildman–Crippen MR) is 73.8 cm³/mol. The van der Waals surface area contributed by atoms with Gasteiger partial charge in [0, 0.05) is 12.6 Å². The molecule has 0 amide bonds. The molecule has 5 heteroatoms. The third-order valence-electron chi connectivity index (χ3n) is 2.13. The van der Waals surface area contributed by atoms with Crippen molar-refractivity contribution in [1.82, 2.24) is 10.6 Å². The molecule has 0 radical (unpaired) electrons. The summed E-state index contributed by atoms with van der Waals surface area (Å²) in [4.78, 5) is 0. The van der Waals surface area contributed by atoms with Gasteiger partial charge in [0.2, 0.25) is 0 Å². The SMILES string of the molecule is CC(C)NCCCNCc1cc(Cl)sc1Cl. The van der Waals surface area contributed by atoms with E-state index < -0.39 is 0 Å². The first kappa shape index (κ1) is 14.3. The molecule has 0 saturated carbocycles. The number of nitrogens with one attached hydrogen (secondary N) is 2. The molecule has 0 saturated heterocycles. The van der Waals surface area contributed by atoms with Crippen LogP contribution in [-0.2, 0) is 6.54 Å². The van der Waals surface area contributed by atoms with Gasteiger partial charge in [-0.05, 0) is 31.1 Å². The normalized spacial score (nSPS) is 11.3. The molecule has 2 N–H and O–H groups in total. The van der Waals surface area contributed by atoms with Crippen molar-refractivity contribution in [1.29, 1.82) is 0 Å². The Morgan fingerprint density at radius 2 is 2.06 bits per heavy atom. The first-order valence-electron chi connectivity index (χ1n) is 5.47. The summed E-state index contributed by atoms with van der Waals surface area (Å²) in [5.74, 6) is 0. The molecule has 1 rings (SSSR count). The molecule has 2 nitrogen and oxygen atoms in total. The summed E-state index contributed by atoms with van der Waals surface area (Å²) < 4.78 is 1.54. The Bertz CT molecular complexity index is 313. The van der Waals surface area contributed by atoms with Crippen LogP contribution in [0, 0.1) is 0 Å². The summed E-state index contributed by atoms with van der Waals surface area (Å²) in [6, 6.07) is 2.48. The number of hydrogen-bond donors (Lipinski definition) is 2. The summed E-state index contributed by atoms with van der Waals surface area (Å²) in [5, 5.41) is 6.73. The smallest absolute Gasteiger partial charge is 0.0989 e. The zero-order valence-corrected chi connectivity index (χ0v) is 12.0. The van der Waals surface area contributed by atoms with Gasteiger partial charge in [-0.15, -0.1) is 11.3 Å². The zero-order valence-electron chi connectivity index (χ0n) is 9.65. The average molecular weight is 281 g/mol. The highest BCUT2D eigenvalue weighted by atomic mass is 35.5. The lowest BCUT2D eigenvalue weighted by molar-refractivity contribution is 0.548. The lowest BCUT2D eigenvalue weighted by Crippen LogP contribution is -2.26. The fourth-order valence-corrected chi connectivity index (χ4v) is 2.81. The van der Waals surface area contributed by atoms with E-state index in [1.54, 1.807) is 0 Å². The van der Waals surface area contributed by atoms with Gasteiger partial charge in [-0.1, -0.05) is 37.0 Å². The highest BCUT2D eigenvalue weighted by Gasteiger charge is 2.04. The van der Waals surface area contributed by atoms with Crippen LogP contribution < -0.4 is 10.6 Å². The lowest BCUT2D eigenvalue weighted by atomic mass is 10.3. The molecule has 1 aromatic rings. The van der Waals surface area contributed by atoms with E-state index in [0.29, 0.717) is 6.04 Å². The van der Waals surface area contributed by atoms with Crippen molar-refractivity contribution in [3.63, 3.8) is 0 Å². The average Bonchev–Trinajstić information content (AvgIpc) is 2.50. The van der Waals surface area contributed by atoms with Crippen molar-refractivity contribution in [2.24, 2.45) is 0 Å². The maximum absolute atomic E-state index is 6.01. The third-order valence-corrected chi connectivity index (χ3v) is 3.69. The van der Waals surface area contributed by atoms with Gasteiger partial charge in [-0.3, -0.25) is 0 Å². The van der Waals surface area contributed by atoms with Crippen molar-refractivity contribution in [3.05, 3.63) is 20.3 Å². The first-order chi connectivity index (χ1) is 7.59. The van der Waals surface area contributed by atoms with Gasteiger partial charge in [0.25, 0.3) is 0 Å². The van der Waals surface area contributed by atoms with E-state index in [1.165, 1.54) is 11.3 Å². The Morgan fingerprint density at radius 3 is 2.62 bits per heavy atom. The van der Waals surface area contributed by atoms with Crippen molar-refractivity contribution >= 4 is 34.5 Å². The highest BCUT2D eigenvalue weighted by molar-refractivity contribution is 7.20. The minimum absolute atomic E-state index is 0.560. The Morgan fingerprint density at radius 1 is 1.31 bits per heavy atom. The minimum Gasteiger partial charge on any atom is -0.314 e. The molecule has 0 atom stereocenters. The Balaban J connectivity index is 2.09. The van der Waals surface area contributed by atoms with E-state index >= 15 is 0 Å². The van der Waals surface area contributed by atoms with Gasteiger partial charge in [-0.2, -0.15) is 0 Å². The second-order valence-corrected chi connectivity index (χ2v) is 6.27. The Labute approximate surface area is 111 Å². The second kappa shape index (κ2) is 7.51. The molecule has 16 heavy (non-hydrogen) atoms. The van der Waals surface area contributed by atoms with Crippen LogP contribution in [-0.4, -0.2) is 19.1 Å². The van der Waals surface area contributed by atoms with Gasteiger partial charge in [0.1, 0.15) is 0 Å². The molecule has 0 aromatic carbocycles. The summed E-state index contributed by atoms with van der Waals surface area (Å²) in [6.45, 7) is 7.14. The molecule has 0 aliphatic carbocycles. The number of thiophene rings is 1. The Kier molecular flexibility index (Phi) is 6.70. The molecule has 1 heterocycles.